The van der Waals surface area contributed by atoms with E-state index < -0.39 is 11.6 Å². The summed E-state index contributed by atoms with van der Waals surface area (Å²) in [6.07, 6.45) is 5.47. The SMILES string of the molecule is CC(C)CNCC1CCCCC1Cc1cccc(F)c1F. The van der Waals surface area contributed by atoms with Crippen molar-refractivity contribution in [3.63, 3.8) is 0 Å². The fraction of sp³-hybridized carbons (Fsp3) is 0.667. The van der Waals surface area contributed by atoms with Crippen LogP contribution >= 0.6 is 0 Å². The molecular weight excluding hydrogens is 268 g/mol. The van der Waals surface area contributed by atoms with Gasteiger partial charge < -0.3 is 5.32 Å². The number of hydrogen-bond donors (Lipinski definition) is 1. The van der Waals surface area contributed by atoms with Crippen LogP contribution in [0.5, 0.6) is 0 Å². The highest BCUT2D eigenvalue weighted by molar-refractivity contribution is 5.19. The Bertz CT molecular complexity index is 445. The van der Waals surface area contributed by atoms with Gasteiger partial charge in [0.1, 0.15) is 0 Å². The summed E-state index contributed by atoms with van der Waals surface area (Å²) in [6.45, 7) is 6.43. The molecule has 1 aromatic rings. The summed E-state index contributed by atoms with van der Waals surface area (Å²) in [6, 6.07) is 4.54. The van der Waals surface area contributed by atoms with Crippen molar-refractivity contribution in [3.05, 3.63) is 35.4 Å². The van der Waals surface area contributed by atoms with Gasteiger partial charge in [-0.15, -0.1) is 0 Å². The molecule has 1 fully saturated rings. The van der Waals surface area contributed by atoms with Gasteiger partial charge in [0, 0.05) is 0 Å². The van der Waals surface area contributed by atoms with E-state index in [9.17, 15) is 8.78 Å². The molecule has 118 valence electrons. The van der Waals surface area contributed by atoms with Crippen molar-refractivity contribution in [2.75, 3.05) is 13.1 Å². The van der Waals surface area contributed by atoms with Crippen LogP contribution in [0.3, 0.4) is 0 Å². The second kappa shape index (κ2) is 7.88. The molecule has 2 unspecified atom stereocenters. The predicted octanol–water partition coefficient (Wildman–Crippen LogP) is 4.56. The summed E-state index contributed by atoms with van der Waals surface area (Å²) in [7, 11) is 0. The van der Waals surface area contributed by atoms with E-state index in [4.69, 9.17) is 0 Å². The zero-order valence-corrected chi connectivity index (χ0v) is 13.2. The molecule has 0 bridgehead atoms. The highest BCUT2D eigenvalue weighted by Crippen LogP contribution is 2.33. The van der Waals surface area contributed by atoms with E-state index in [1.54, 1.807) is 12.1 Å². The van der Waals surface area contributed by atoms with E-state index in [2.05, 4.69) is 19.2 Å². The van der Waals surface area contributed by atoms with Crippen molar-refractivity contribution in [3.8, 4) is 0 Å². The van der Waals surface area contributed by atoms with Crippen LogP contribution in [0.1, 0.15) is 45.1 Å². The van der Waals surface area contributed by atoms with Gasteiger partial charge in [0.05, 0.1) is 0 Å². The van der Waals surface area contributed by atoms with Crippen molar-refractivity contribution in [2.45, 2.75) is 46.0 Å². The van der Waals surface area contributed by atoms with Gasteiger partial charge >= 0.3 is 0 Å². The molecule has 2 atom stereocenters. The van der Waals surface area contributed by atoms with Crippen molar-refractivity contribution < 1.29 is 8.78 Å². The zero-order valence-electron chi connectivity index (χ0n) is 13.2. The van der Waals surface area contributed by atoms with Gasteiger partial charge in [-0.05, 0) is 61.7 Å². The van der Waals surface area contributed by atoms with Crippen LogP contribution in [-0.4, -0.2) is 13.1 Å². The van der Waals surface area contributed by atoms with Crippen LogP contribution in [0.2, 0.25) is 0 Å². The van der Waals surface area contributed by atoms with Crippen LogP contribution in [-0.2, 0) is 6.42 Å². The third-order valence-corrected chi connectivity index (χ3v) is 4.54. The Labute approximate surface area is 127 Å². The van der Waals surface area contributed by atoms with Gasteiger partial charge in [0.15, 0.2) is 11.6 Å². The Morgan fingerprint density at radius 1 is 1.14 bits per heavy atom. The lowest BCUT2D eigenvalue weighted by molar-refractivity contribution is 0.225. The quantitative estimate of drug-likeness (QED) is 0.811. The van der Waals surface area contributed by atoms with E-state index >= 15 is 0 Å². The highest BCUT2D eigenvalue weighted by Gasteiger charge is 2.26. The smallest absolute Gasteiger partial charge is 0.162 e. The molecule has 1 aliphatic rings. The third-order valence-electron chi connectivity index (χ3n) is 4.54. The Kier molecular flexibility index (Phi) is 6.16. The van der Waals surface area contributed by atoms with Crippen LogP contribution in [0, 0.1) is 29.4 Å². The minimum Gasteiger partial charge on any atom is -0.316 e. The first-order valence-electron chi connectivity index (χ1n) is 8.21. The van der Waals surface area contributed by atoms with E-state index in [-0.39, 0.29) is 0 Å². The summed E-state index contributed by atoms with van der Waals surface area (Å²) < 4.78 is 27.2. The molecule has 0 radical (unpaired) electrons. The van der Waals surface area contributed by atoms with Crippen LogP contribution in [0.25, 0.3) is 0 Å². The minimum absolute atomic E-state index is 0.467. The van der Waals surface area contributed by atoms with E-state index in [0.29, 0.717) is 29.7 Å². The van der Waals surface area contributed by atoms with E-state index in [0.717, 1.165) is 19.5 Å². The minimum atomic E-state index is -0.724. The first-order valence-corrected chi connectivity index (χ1v) is 8.21. The van der Waals surface area contributed by atoms with Crippen molar-refractivity contribution >= 4 is 0 Å². The lowest BCUT2D eigenvalue weighted by Gasteiger charge is -2.32. The largest absolute Gasteiger partial charge is 0.316 e. The summed E-state index contributed by atoms with van der Waals surface area (Å²) in [5.41, 5.74) is 0.538. The standard InChI is InChI=1S/C18H27F2N/c1-13(2)11-21-12-16-7-4-3-6-14(16)10-15-8-5-9-17(19)18(15)20/h5,8-9,13-14,16,21H,3-4,6-7,10-12H2,1-2H3. The molecule has 0 heterocycles. The maximum absolute atomic E-state index is 13.9. The number of hydrogen-bond acceptors (Lipinski definition) is 1. The highest BCUT2D eigenvalue weighted by atomic mass is 19.2. The van der Waals surface area contributed by atoms with Gasteiger partial charge in [-0.1, -0.05) is 38.8 Å². The summed E-state index contributed by atoms with van der Waals surface area (Å²) in [4.78, 5) is 0. The number of rotatable bonds is 6. The summed E-state index contributed by atoms with van der Waals surface area (Å²) in [5, 5.41) is 3.53. The fourth-order valence-corrected chi connectivity index (χ4v) is 3.37. The molecule has 3 heteroatoms. The maximum atomic E-state index is 13.9. The zero-order chi connectivity index (χ0) is 15.2. The summed E-state index contributed by atoms with van der Waals surface area (Å²) >= 11 is 0. The van der Waals surface area contributed by atoms with Gasteiger partial charge in [0.25, 0.3) is 0 Å². The molecule has 1 aromatic carbocycles. The van der Waals surface area contributed by atoms with Gasteiger partial charge in [0.2, 0.25) is 0 Å². The molecule has 0 amide bonds. The second-order valence-electron chi connectivity index (χ2n) is 6.77. The monoisotopic (exact) mass is 295 g/mol. The second-order valence-corrected chi connectivity index (χ2v) is 6.77. The van der Waals surface area contributed by atoms with Crippen LogP contribution in [0.15, 0.2) is 18.2 Å². The topological polar surface area (TPSA) is 12.0 Å². The average Bonchev–Trinajstić information content (AvgIpc) is 2.45. The Balaban J connectivity index is 1.96. The van der Waals surface area contributed by atoms with Crippen LogP contribution < -0.4 is 5.32 Å². The van der Waals surface area contributed by atoms with E-state index in [1.165, 1.54) is 25.3 Å². The van der Waals surface area contributed by atoms with Crippen molar-refractivity contribution in [1.82, 2.24) is 5.32 Å². The molecule has 1 aliphatic carbocycles. The molecule has 2 rings (SSSR count). The third kappa shape index (κ3) is 4.77. The molecule has 1 nitrogen and oxygen atoms in total. The van der Waals surface area contributed by atoms with Gasteiger partial charge in [-0.3, -0.25) is 0 Å². The summed E-state index contributed by atoms with van der Waals surface area (Å²) in [5.74, 6) is 0.317. The molecule has 0 spiro atoms. The van der Waals surface area contributed by atoms with Crippen LogP contribution in [0.4, 0.5) is 8.78 Å². The average molecular weight is 295 g/mol. The first-order chi connectivity index (χ1) is 10.1. The van der Waals surface area contributed by atoms with Gasteiger partial charge in [-0.2, -0.15) is 0 Å². The Morgan fingerprint density at radius 3 is 2.57 bits per heavy atom. The number of nitrogens with one attached hydrogen (secondary N) is 1. The van der Waals surface area contributed by atoms with Gasteiger partial charge in [-0.25, -0.2) is 8.78 Å². The normalized spacial score (nSPS) is 22.7. The molecule has 21 heavy (non-hydrogen) atoms. The lowest BCUT2D eigenvalue weighted by atomic mass is 9.76. The predicted molar refractivity (Wildman–Crippen MR) is 83.2 cm³/mol. The first kappa shape index (κ1) is 16.4. The van der Waals surface area contributed by atoms with Crippen molar-refractivity contribution in [2.24, 2.45) is 17.8 Å². The lowest BCUT2D eigenvalue weighted by Crippen LogP contribution is -2.33. The molecule has 1 saturated carbocycles. The Hall–Kier alpha value is -0.960. The molecule has 0 aliphatic heterocycles. The maximum Gasteiger partial charge on any atom is 0.162 e. The molecule has 0 aromatic heterocycles. The fourth-order valence-electron chi connectivity index (χ4n) is 3.37. The number of benzene rings is 1. The molecule has 0 saturated heterocycles. The Morgan fingerprint density at radius 2 is 1.86 bits per heavy atom. The number of halogens is 2. The van der Waals surface area contributed by atoms with Crippen molar-refractivity contribution in [1.29, 1.82) is 0 Å². The molecule has 1 N–H and O–H groups in total. The van der Waals surface area contributed by atoms with E-state index in [1.807, 2.05) is 0 Å². The molecular formula is C18H27F2N.